The fraction of sp³-hybridized carbons (Fsp3) is 0. The molecule has 0 radical (unpaired) electrons. The quantitative estimate of drug-likeness (QED) is 0.759. The Bertz CT molecular complexity index is 546. The zero-order valence-corrected chi connectivity index (χ0v) is 8.24. The van der Waals surface area contributed by atoms with Gasteiger partial charge in [0.05, 0.1) is 0 Å². The molecule has 1 aromatic carbocycles. The molecule has 0 aliphatic rings. The van der Waals surface area contributed by atoms with E-state index in [0.717, 1.165) is 0 Å². The van der Waals surface area contributed by atoms with Crippen molar-refractivity contribution in [3.8, 4) is 11.5 Å². The van der Waals surface area contributed by atoms with Gasteiger partial charge in [-0.25, -0.2) is 4.39 Å². The van der Waals surface area contributed by atoms with Crippen LogP contribution in [-0.2, 0) is 0 Å². The molecule has 0 aliphatic heterocycles. The SMILES string of the molecule is Nc1ccc(Oc2ccc(=O)[nH]c2)c(F)c1. The number of nitrogen functional groups attached to an aromatic ring is 1. The van der Waals surface area contributed by atoms with Gasteiger partial charge in [-0.15, -0.1) is 0 Å². The molecule has 1 aromatic heterocycles. The lowest BCUT2D eigenvalue weighted by molar-refractivity contribution is 0.440. The number of aromatic amines is 1. The van der Waals surface area contributed by atoms with Gasteiger partial charge in [0.25, 0.3) is 0 Å². The number of ether oxygens (including phenoxy) is 1. The maximum atomic E-state index is 13.3. The van der Waals surface area contributed by atoms with Crippen LogP contribution in [0.1, 0.15) is 0 Å². The number of benzene rings is 1. The van der Waals surface area contributed by atoms with Crippen LogP contribution in [0.25, 0.3) is 0 Å². The molecule has 5 heteroatoms. The second kappa shape index (κ2) is 4.06. The summed E-state index contributed by atoms with van der Waals surface area (Å²) in [6, 6.07) is 6.88. The first-order valence-electron chi connectivity index (χ1n) is 4.57. The molecule has 4 nitrogen and oxygen atoms in total. The third-order valence-electron chi connectivity index (χ3n) is 1.94. The van der Waals surface area contributed by atoms with E-state index >= 15 is 0 Å². The third-order valence-corrected chi connectivity index (χ3v) is 1.94. The van der Waals surface area contributed by atoms with Crippen molar-refractivity contribution in [3.63, 3.8) is 0 Å². The van der Waals surface area contributed by atoms with Gasteiger partial charge in [0, 0.05) is 24.0 Å². The maximum absolute atomic E-state index is 13.3. The highest BCUT2D eigenvalue weighted by molar-refractivity contribution is 5.44. The van der Waals surface area contributed by atoms with Gasteiger partial charge >= 0.3 is 0 Å². The zero-order valence-electron chi connectivity index (χ0n) is 8.24. The number of aromatic nitrogens is 1. The first-order valence-corrected chi connectivity index (χ1v) is 4.57. The Morgan fingerprint density at radius 2 is 2.06 bits per heavy atom. The van der Waals surface area contributed by atoms with Crippen LogP contribution in [0.5, 0.6) is 11.5 Å². The number of pyridine rings is 1. The van der Waals surface area contributed by atoms with Crippen LogP contribution in [0.4, 0.5) is 10.1 Å². The van der Waals surface area contributed by atoms with E-state index < -0.39 is 5.82 Å². The Morgan fingerprint density at radius 1 is 1.25 bits per heavy atom. The number of halogens is 1. The number of nitrogens with two attached hydrogens (primary N) is 1. The van der Waals surface area contributed by atoms with E-state index in [1.807, 2.05) is 0 Å². The number of hydrogen-bond acceptors (Lipinski definition) is 3. The van der Waals surface area contributed by atoms with E-state index in [1.54, 1.807) is 0 Å². The van der Waals surface area contributed by atoms with Crippen LogP contribution in [0, 0.1) is 5.82 Å². The summed E-state index contributed by atoms with van der Waals surface area (Å²) in [4.78, 5) is 13.2. The first kappa shape index (κ1) is 10.2. The van der Waals surface area contributed by atoms with Crippen molar-refractivity contribution in [2.45, 2.75) is 0 Å². The molecule has 0 saturated heterocycles. The van der Waals surface area contributed by atoms with E-state index in [2.05, 4.69) is 4.98 Å². The molecule has 0 bridgehead atoms. The maximum Gasteiger partial charge on any atom is 0.248 e. The Hall–Kier alpha value is -2.30. The van der Waals surface area contributed by atoms with Crippen molar-refractivity contribution in [2.75, 3.05) is 5.73 Å². The van der Waals surface area contributed by atoms with Gasteiger partial charge in [0.2, 0.25) is 5.56 Å². The summed E-state index contributed by atoms with van der Waals surface area (Å²) in [5, 5.41) is 0. The monoisotopic (exact) mass is 220 g/mol. The van der Waals surface area contributed by atoms with E-state index in [1.165, 1.54) is 36.5 Å². The van der Waals surface area contributed by atoms with Gasteiger partial charge in [0.1, 0.15) is 5.75 Å². The Labute approximate surface area is 90.5 Å². The zero-order chi connectivity index (χ0) is 11.5. The summed E-state index contributed by atoms with van der Waals surface area (Å²) in [6.07, 6.45) is 1.36. The van der Waals surface area contributed by atoms with E-state index in [4.69, 9.17) is 10.5 Å². The first-order chi connectivity index (χ1) is 7.65. The molecule has 0 aliphatic carbocycles. The van der Waals surface area contributed by atoms with E-state index in [9.17, 15) is 9.18 Å². The molecular formula is C11H9FN2O2. The highest BCUT2D eigenvalue weighted by atomic mass is 19.1. The van der Waals surface area contributed by atoms with Crippen molar-refractivity contribution in [3.05, 3.63) is 52.7 Å². The molecule has 0 amide bonds. The van der Waals surface area contributed by atoms with Crippen LogP contribution in [0.15, 0.2) is 41.3 Å². The van der Waals surface area contributed by atoms with Gasteiger partial charge in [-0.05, 0) is 18.2 Å². The molecule has 0 saturated carbocycles. The number of hydrogen-bond donors (Lipinski definition) is 2. The van der Waals surface area contributed by atoms with Crippen LogP contribution in [-0.4, -0.2) is 4.98 Å². The second-order valence-electron chi connectivity index (χ2n) is 3.18. The lowest BCUT2D eigenvalue weighted by Gasteiger charge is -2.06. The minimum Gasteiger partial charge on any atom is -0.453 e. The summed E-state index contributed by atoms with van der Waals surface area (Å²) < 4.78 is 18.6. The summed E-state index contributed by atoms with van der Waals surface area (Å²) in [5.41, 5.74) is 5.48. The van der Waals surface area contributed by atoms with Gasteiger partial charge in [-0.2, -0.15) is 0 Å². The highest BCUT2D eigenvalue weighted by Gasteiger charge is 2.04. The van der Waals surface area contributed by atoms with Crippen LogP contribution in [0.3, 0.4) is 0 Å². The summed E-state index contributed by atoms with van der Waals surface area (Å²) in [5.74, 6) is -0.143. The molecule has 2 aromatic rings. The third kappa shape index (κ3) is 2.20. The average molecular weight is 220 g/mol. The topological polar surface area (TPSA) is 68.1 Å². The average Bonchev–Trinajstić information content (AvgIpc) is 2.25. The Balaban J connectivity index is 2.27. The predicted molar refractivity (Wildman–Crippen MR) is 57.9 cm³/mol. The fourth-order valence-corrected chi connectivity index (χ4v) is 1.19. The van der Waals surface area contributed by atoms with Crippen molar-refractivity contribution in [2.24, 2.45) is 0 Å². The largest absolute Gasteiger partial charge is 0.453 e. The van der Waals surface area contributed by atoms with Gasteiger partial charge < -0.3 is 15.5 Å². The van der Waals surface area contributed by atoms with Crippen LogP contribution >= 0.6 is 0 Å². The van der Waals surface area contributed by atoms with Crippen LogP contribution < -0.4 is 16.0 Å². The molecule has 0 spiro atoms. The molecule has 2 rings (SSSR count). The summed E-state index contributed by atoms with van der Waals surface area (Å²) >= 11 is 0. The minimum atomic E-state index is -0.550. The smallest absolute Gasteiger partial charge is 0.248 e. The van der Waals surface area contributed by atoms with E-state index in [0.29, 0.717) is 11.4 Å². The highest BCUT2D eigenvalue weighted by Crippen LogP contribution is 2.24. The predicted octanol–water partition coefficient (Wildman–Crippen LogP) is 1.89. The molecule has 0 atom stereocenters. The van der Waals surface area contributed by atoms with Crippen molar-refractivity contribution < 1.29 is 9.13 Å². The molecule has 1 heterocycles. The molecule has 82 valence electrons. The Kier molecular flexibility index (Phi) is 2.59. The van der Waals surface area contributed by atoms with Gasteiger partial charge in [0.15, 0.2) is 11.6 Å². The summed E-state index contributed by atoms with van der Waals surface area (Å²) in [6.45, 7) is 0. The second-order valence-corrected chi connectivity index (χ2v) is 3.18. The lowest BCUT2D eigenvalue weighted by atomic mass is 10.3. The standard InChI is InChI=1S/C11H9FN2O2/c12-9-5-7(13)1-3-10(9)16-8-2-4-11(15)14-6-8/h1-6H,13H2,(H,14,15). The van der Waals surface area contributed by atoms with Gasteiger partial charge in [-0.1, -0.05) is 0 Å². The Morgan fingerprint density at radius 3 is 2.69 bits per heavy atom. The van der Waals surface area contributed by atoms with Crippen molar-refractivity contribution in [1.29, 1.82) is 0 Å². The molecular weight excluding hydrogens is 211 g/mol. The van der Waals surface area contributed by atoms with Crippen molar-refractivity contribution in [1.82, 2.24) is 4.98 Å². The fourth-order valence-electron chi connectivity index (χ4n) is 1.19. The van der Waals surface area contributed by atoms with Gasteiger partial charge in [-0.3, -0.25) is 4.79 Å². The van der Waals surface area contributed by atoms with E-state index in [-0.39, 0.29) is 11.3 Å². The molecule has 3 N–H and O–H groups in total. The molecule has 16 heavy (non-hydrogen) atoms. The molecule has 0 fully saturated rings. The molecule has 0 unspecified atom stereocenters. The minimum absolute atomic E-state index is 0.0567. The number of nitrogens with one attached hydrogen (secondary N) is 1. The normalized spacial score (nSPS) is 10.1. The number of rotatable bonds is 2. The number of H-pyrrole nitrogens is 1. The lowest BCUT2D eigenvalue weighted by Crippen LogP contribution is -2.01. The van der Waals surface area contributed by atoms with Crippen molar-refractivity contribution >= 4 is 5.69 Å². The summed E-state index contributed by atoms with van der Waals surface area (Å²) in [7, 11) is 0. The van der Waals surface area contributed by atoms with Crippen LogP contribution in [0.2, 0.25) is 0 Å². The number of anilines is 1.